The van der Waals surface area contributed by atoms with Gasteiger partial charge in [0.15, 0.2) is 11.5 Å². The monoisotopic (exact) mass is 286 g/mol. The van der Waals surface area contributed by atoms with E-state index in [1.54, 1.807) is 0 Å². The lowest BCUT2D eigenvalue weighted by atomic mass is 10.1. The summed E-state index contributed by atoms with van der Waals surface area (Å²) in [6.45, 7) is 6.44. The first-order valence-electron chi connectivity index (χ1n) is 7.80. The number of piperazine rings is 1. The Morgan fingerprint density at radius 1 is 1.24 bits per heavy atom. The van der Waals surface area contributed by atoms with Crippen molar-refractivity contribution in [2.45, 2.75) is 12.3 Å². The lowest BCUT2D eigenvalue weighted by molar-refractivity contribution is 0.409. The molecule has 0 aromatic carbocycles. The molecule has 1 atom stereocenters. The number of hydrogen-bond donors (Lipinski definition) is 1. The van der Waals surface area contributed by atoms with Crippen molar-refractivity contribution >= 4 is 11.3 Å². The number of pyridine rings is 1. The Hall–Kier alpha value is -1.66. The van der Waals surface area contributed by atoms with Gasteiger partial charge in [-0.2, -0.15) is 5.10 Å². The third kappa shape index (κ3) is 2.49. The molecule has 1 N–H and O–H groups in total. The molecule has 1 unspecified atom stereocenters. The van der Waals surface area contributed by atoms with E-state index in [1.807, 2.05) is 10.7 Å². The molecule has 6 heteroatoms. The number of nitrogens with zero attached hydrogens (tertiary/aromatic N) is 5. The first-order chi connectivity index (χ1) is 10.3. The number of rotatable bonds is 2. The average Bonchev–Trinajstić information content (AvgIpc) is 3.13. The van der Waals surface area contributed by atoms with Crippen LogP contribution in [0, 0.1) is 0 Å². The molecule has 4 rings (SSSR count). The second-order valence-electron chi connectivity index (χ2n) is 6.14. The van der Waals surface area contributed by atoms with Crippen molar-refractivity contribution < 1.29 is 0 Å². The molecule has 2 aliphatic heterocycles. The van der Waals surface area contributed by atoms with Crippen LogP contribution in [0.5, 0.6) is 0 Å². The summed E-state index contributed by atoms with van der Waals surface area (Å²) in [5.74, 6) is 1.48. The number of fused-ring (bicyclic) bond motifs is 1. The molecule has 0 saturated carbocycles. The zero-order chi connectivity index (χ0) is 14.2. The topological polar surface area (TPSA) is 48.7 Å². The minimum atomic E-state index is 0.484. The lowest BCUT2D eigenvalue weighted by Gasteiger charge is -2.29. The molecule has 0 radical (unpaired) electrons. The Balaban J connectivity index is 1.62. The molecule has 6 nitrogen and oxygen atoms in total. The Labute approximate surface area is 124 Å². The number of anilines is 1. The first kappa shape index (κ1) is 13.0. The molecule has 2 aromatic heterocycles. The Morgan fingerprint density at radius 2 is 2.10 bits per heavy atom. The van der Waals surface area contributed by atoms with Gasteiger partial charge in [0.25, 0.3) is 0 Å². The van der Waals surface area contributed by atoms with Crippen LogP contribution >= 0.6 is 0 Å². The summed E-state index contributed by atoms with van der Waals surface area (Å²) in [5.41, 5.74) is 2.22. The second kappa shape index (κ2) is 5.27. The van der Waals surface area contributed by atoms with E-state index in [1.165, 1.54) is 5.69 Å². The zero-order valence-corrected chi connectivity index (χ0v) is 12.5. The number of likely N-dealkylation sites (tertiary alicyclic amines) is 1. The van der Waals surface area contributed by atoms with E-state index in [4.69, 9.17) is 4.98 Å². The summed E-state index contributed by atoms with van der Waals surface area (Å²) in [5, 5.41) is 8.05. The molecular formula is C15H22N6. The van der Waals surface area contributed by atoms with Crippen LogP contribution in [0.1, 0.15) is 18.2 Å². The fourth-order valence-corrected chi connectivity index (χ4v) is 3.33. The van der Waals surface area contributed by atoms with E-state index < -0.39 is 0 Å². The van der Waals surface area contributed by atoms with E-state index >= 15 is 0 Å². The van der Waals surface area contributed by atoms with Crippen LogP contribution in [0.25, 0.3) is 5.65 Å². The molecule has 2 aliphatic rings. The highest BCUT2D eigenvalue weighted by Gasteiger charge is 2.25. The standard InChI is InChI=1S/C15H22N6/c1-19-6-2-12(11-19)15-17-14-10-13(3-7-21(14)18-15)20-8-4-16-5-9-20/h3,7,10,12,16H,2,4-6,8-9,11H2,1H3. The SMILES string of the molecule is CN1CCC(c2nc3cc(N4CCNCC4)ccn3n2)C1. The van der Waals surface area contributed by atoms with Gasteiger partial charge in [-0.25, -0.2) is 9.50 Å². The molecule has 2 saturated heterocycles. The summed E-state index contributed by atoms with van der Waals surface area (Å²) < 4.78 is 1.92. The van der Waals surface area contributed by atoms with Gasteiger partial charge in [-0.15, -0.1) is 0 Å². The molecule has 0 aliphatic carbocycles. The van der Waals surface area contributed by atoms with Crippen molar-refractivity contribution in [3.63, 3.8) is 0 Å². The minimum absolute atomic E-state index is 0.484. The van der Waals surface area contributed by atoms with Crippen molar-refractivity contribution in [3.8, 4) is 0 Å². The number of likely N-dealkylation sites (N-methyl/N-ethyl adjacent to an activating group) is 1. The number of aromatic nitrogens is 3. The quantitative estimate of drug-likeness (QED) is 0.874. The summed E-state index contributed by atoms with van der Waals surface area (Å²) >= 11 is 0. The molecule has 0 amide bonds. The van der Waals surface area contributed by atoms with Crippen molar-refractivity contribution in [1.29, 1.82) is 0 Å². The van der Waals surface area contributed by atoms with E-state index in [0.717, 1.165) is 57.2 Å². The predicted octanol–water partition coefficient (Wildman–Crippen LogP) is 0.558. The third-order valence-corrected chi connectivity index (χ3v) is 4.58. The Bertz CT molecular complexity index is 627. The normalized spacial score (nSPS) is 24.0. The molecule has 21 heavy (non-hydrogen) atoms. The van der Waals surface area contributed by atoms with Gasteiger partial charge >= 0.3 is 0 Å². The van der Waals surface area contributed by atoms with Crippen LogP contribution in [0.2, 0.25) is 0 Å². The van der Waals surface area contributed by atoms with Crippen molar-refractivity contribution in [3.05, 3.63) is 24.2 Å². The minimum Gasteiger partial charge on any atom is -0.369 e. The van der Waals surface area contributed by atoms with Crippen LogP contribution < -0.4 is 10.2 Å². The van der Waals surface area contributed by atoms with Gasteiger partial charge in [0, 0.05) is 56.6 Å². The van der Waals surface area contributed by atoms with E-state index in [0.29, 0.717) is 5.92 Å². The number of hydrogen-bond acceptors (Lipinski definition) is 5. The van der Waals surface area contributed by atoms with Crippen molar-refractivity contribution in [2.24, 2.45) is 0 Å². The van der Waals surface area contributed by atoms with Gasteiger partial charge in [-0.05, 0) is 26.1 Å². The van der Waals surface area contributed by atoms with E-state index in [-0.39, 0.29) is 0 Å². The molecule has 0 spiro atoms. The van der Waals surface area contributed by atoms with Gasteiger partial charge in [0.05, 0.1) is 0 Å². The predicted molar refractivity (Wildman–Crippen MR) is 82.9 cm³/mol. The largest absolute Gasteiger partial charge is 0.369 e. The molecule has 112 valence electrons. The average molecular weight is 286 g/mol. The van der Waals surface area contributed by atoms with Crippen molar-refractivity contribution in [2.75, 3.05) is 51.2 Å². The number of nitrogens with one attached hydrogen (secondary N) is 1. The molecule has 2 fully saturated rings. The molecule has 0 bridgehead atoms. The maximum atomic E-state index is 4.77. The van der Waals surface area contributed by atoms with Crippen LogP contribution in [0.15, 0.2) is 18.3 Å². The Morgan fingerprint density at radius 3 is 2.86 bits per heavy atom. The van der Waals surface area contributed by atoms with Crippen molar-refractivity contribution in [1.82, 2.24) is 24.8 Å². The van der Waals surface area contributed by atoms with E-state index in [2.05, 4.69) is 39.4 Å². The second-order valence-corrected chi connectivity index (χ2v) is 6.14. The van der Waals surface area contributed by atoms with Gasteiger partial charge in [0.2, 0.25) is 0 Å². The summed E-state index contributed by atoms with van der Waals surface area (Å²) in [6.07, 6.45) is 3.21. The van der Waals surface area contributed by atoms with E-state index in [9.17, 15) is 0 Å². The third-order valence-electron chi connectivity index (χ3n) is 4.58. The highest BCUT2D eigenvalue weighted by Crippen LogP contribution is 2.25. The summed E-state index contributed by atoms with van der Waals surface area (Å²) in [4.78, 5) is 9.53. The summed E-state index contributed by atoms with van der Waals surface area (Å²) in [6, 6.07) is 4.32. The zero-order valence-electron chi connectivity index (χ0n) is 12.5. The maximum Gasteiger partial charge on any atom is 0.157 e. The lowest BCUT2D eigenvalue weighted by Crippen LogP contribution is -2.43. The van der Waals surface area contributed by atoms with Gasteiger partial charge in [-0.1, -0.05) is 0 Å². The smallest absolute Gasteiger partial charge is 0.157 e. The first-order valence-corrected chi connectivity index (χ1v) is 7.80. The van der Waals surface area contributed by atoms with Crippen LogP contribution in [-0.2, 0) is 0 Å². The fraction of sp³-hybridized carbons (Fsp3) is 0.600. The van der Waals surface area contributed by atoms with Crippen LogP contribution in [0.3, 0.4) is 0 Å². The van der Waals surface area contributed by atoms with Gasteiger partial charge in [0.1, 0.15) is 0 Å². The van der Waals surface area contributed by atoms with Gasteiger partial charge < -0.3 is 15.1 Å². The van der Waals surface area contributed by atoms with Crippen LogP contribution in [0.4, 0.5) is 5.69 Å². The van der Waals surface area contributed by atoms with Gasteiger partial charge in [-0.3, -0.25) is 0 Å². The Kier molecular flexibility index (Phi) is 3.27. The maximum absolute atomic E-state index is 4.77. The summed E-state index contributed by atoms with van der Waals surface area (Å²) in [7, 11) is 2.16. The molecule has 4 heterocycles. The highest BCUT2D eigenvalue weighted by atomic mass is 15.3. The highest BCUT2D eigenvalue weighted by molar-refractivity contribution is 5.56. The molecular weight excluding hydrogens is 264 g/mol. The fourth-order valence-electron chi connectivity index (χ4n) is 3.33. The van der Waals surface area contributed by atoms with Crippen LogP contribution in [-0.4, -0.2) is 65.8 Å². The molecule has 2 aromatic rings.